The fourth-order valence-corrected chi connectivity index (χ4v) is 2.94. The van der Waals surface area contributed by atoms with Crippen molar-refractivity contribution in [3.63, 3.8) is 0 Å². The first kappa shape index (κ1) is 16.7. The van der Waals surface area contributed by atoms with Crippen LogP contribution in [0.4, 0.5) is 26.3 Å². The Morgan fingerprint density at radius 2 is 1.67 bits per heavy atom. The van der Waals surface area contributed by atoms with E-state index in [0.717, 1.165) is 18.2 Å². The van der Waals surface area contributed by atoms with Crippen LogP contribution >= 0.6 is 0 Å². The number of H-pyrrole nitrogens is 1. The quantitative estimate of drug-likeness (QED) is 0.613. The molecule has 1 nitrogen and oxygen atoms in total. The molecule has 128 valence electrons. The average Bonchev–Trinajstić information content (AvgIpc) is 2.89. The van der Waals surface area contributed by atoms with Gasteiger partial charge in [-0.2, -0.15) is 26.3 Å². The summed E-state index contributed by atoms with van der Waals surface area (Å²) in [7, 11) is 0. The van der Waals surface area contributed by atoms with Crippen molar-refractivity contribution < 1.29 is 26.3 Å². The van der Waals surface area contributed by atoms with E-state index in [1.807, 2.05) is 0 Å². The van der Waals surface area contributed by atoms with Gasteiger partial charge in [-0.25, -0.2) is 0 Å². The van der Waals surface area contributed by atoms with Gasteiger partial charge < -0.3 is 4.98 Å². The fourth-order valence-electron chi connectivity index (χ4n) is 2.94. The molecule has 1 aliphatic rings. The molecule has 1 N–H and O–H groups in total. The van der Waals surface area contributed by atoms with Crippen LogP contribution in [-0.4, -0.2) is 11.2 Å². The number of rotatable bonds is 1. The van der Waals surface area contributed by atoms with E-state index in [1.165, 1.54) is 12.1 Å². The Kier molecular flexibility index (Phi) is 3.77. The molecule has 1 aromatic heterocycles. The van der Waals surface area contributed by atoms with Crippen LogP contribution in [0, 0.1) is 5.92 Å². The third-order valence-electron chi connectivity index (χ3n) is 4.15. The van der Waals surface area contributed by atoms with Gasteiger partial charge in [0.15, 0.2) is 0 Å². The number of hydrogen-bond acceptors (Lipinski definition) is 0. The number of hydrogen-bond donors (Lipinski definition) is 1. The predicted molar refractivity (Wildman–Crippen MR) is 78.5 cm³/mol. The number of fused-ring (bicyclic) bond motifs is 1. The standard InChI is InChI=1S/C17H13F6N/c1-9-6-12(16(18,19)20)3-4-13(9)10-2-5-14-11(7-10)8-15(24-14)17(21,22)23/h2-9,13,24H,1H3/t9-,13?/m1/s1. The van der Waals surface area contributed by atoms with Crippen LogP contribution in [0.25, 0.3) is 10.9 Å². The molecule has 1 heterocycles. The molecule has 1 unspecified atom stereocenters. The first-order valence-corrected chi connectivity index (χ1v) is 7.23. The summed E-state index contributed by atoms with van der Waals surface area (Å²) < 4.78 is 76.4. The van der Waals surface area contributed by atoms with E-state index >= 15 is 0 Å². The second kappa shape index (κ2) is 5.43. The third-order valence-corrected chi connectivity index (χ3v) is 4.15. The van der Waals surface area contributed by atoms with Crippen molar-refractivity contribution in [1.82, 2.24) is 4.98 Å². The van der Waals surface area contributed by atoms with Crippen molar-refractivity contribution in [2.75, 3.05) is 0 Å². The molecule has 24 heavy (non-hydrogen) atoms. The highest BCUT2D eigenvalue weighted by atomic mass is 19.4. The second-order valence-corrected chi connectivity index (χ2v) is 5.89. The lowest BCUT2D eigenvalue weighted by atomic mass is 9.82. The van der Waals surface area contributed by atoms with Gasteiger partial charge in [-0.1, -0.05) is 31.2 Å². The van der Waals surface area contributed by atoms with Gasteiger partial charge in [0.05, 0.1) is 5.57 Å². The van der Waals surface area contributed by atoms with Crippen LogP contribution < -0.4 is 0 Å². The van der Waals surface area contributed by atoms with Gasteiger partial charge in [-0.05, 0) is 29.7 Å². The molecule has 1 aromatic carbocycles. The van der Waals surface area contributed by atoms with E-state index < -0.39 is 29.5 Å². The number of alkyl halides is 6. The Morgan fingerprint density at radius 1 is 0.958 bits per heavy atom. The van der Waals surface area contributed by atoms with Crippen LogP contribution in [0.2, 0.25) is 0 Å². The molecule has 0 radical (unpaired) electrons. The largest absolute Gasteiger partial charge is 0.431 e. The maximum absolute atomic E-state index is 12.7. The summed E-state index contributed by atoms with van der Waals surface area (Å²) in [5, 5.41) is 0.381. The smallest absolute Gasteiger partial charge is 0.351 e. The van der Waals surface area contributed by atoms with Crippen molar-refractivity contribution in [3.05, 3.63) is 59.3 Å². The minimum absolute atomic E-state index is 0.315. The molecule has 0 saturated carbocycles. The Morgan fingerprint density at radius 3 is 2.25 bits per heavy atom. The maximum Gasteiger partial charge on any atom is 0.431 e. The normalized spacial score (nSPS) is 22.0. The first-order valence-electron chi connectivity index (χ1n) is 7.23. The van der Waals surface area contributed by atoms with Gasteiger partial charge in [-0.15, -0.1) is 0 Å². The summed E-state index contributed by atoms with van der Waals surface area (Å²) in [6.45, 7) is 1.66. The number of aromatic amines is 1. The Labute approximate surface area is 133 Å². The summed E-state index contributed by atoms with van der Waals surface area (Å²) in [4.78, 5) is 2.30. The summed E-state index contributed by atoms with van der Waals surface area (Å²) in [5.41, 5.74) is -0.532. The summed E-state index contributed by atoms with van der Waals surface area (Å²) in [6, 6.07) is 5.74. The van der Waals surface area contributed by atoms with Crippen LogP contribution in [-0.2, 0) is 6.18 Å². The first-order chi connectivity index (χ1) is 11.1. The molecule has 2 atom stereocenters. The van der Waals surface area contributed by atoms with Gasteiger partial charge in [-0.3, -0.25) is 0 Å². The lowest BCUT2D eigenvalue weighted by Crippen LogP contribution is -2.17. The highest BCUT2D eigenvalue weighted by molar-refractivity contribution is 5.81. The number of halogens is 6. The molecule has 7 heteroatoms. The van der Waals surface area contributed by atoms with Crippen LogP contribution in [0.1, 0.15) is 24.1 Å². The monoisotopic (exact) mass is 345 g/mol. The van der Waals surface area contributed by atoms with Crippen molar-refractivity contribution >= 4 is 10.9 Å². The van der Waals surface area contributed by atoms with Crippen molar-refractivity contribution in [1.29, 1.82) is 0 Å². The zero-order valence-electron chi connectivity index (χ0n) is 12.5. The van der Waals surface area contributed by atoms with E-state index in [2.05, 4.69) is 4.98 Å². The molecule has 0 saturated heterocycles. The minimum Gasteiger partial charge on any atom is -0.351 e. The van der Waals surface area contributed by atoms with E-state index in [9.17, 15) is 26.3 Å². The van der Waals surface area contributed by atoms with Crippen molar-refractivity contribution in [2.24, 2.45) is 5.92 Å². The van der Waals surface area contributed by atoms with Crippen LogP contribution in [0.3, 0.4) is 0 Å². The van der Waals surface area contributed by atoms with Crippen molar-refractivity contribution in [2.45, 2.75) is 25.2 Å². The molecule has 0 fully saturated rings. The molecule has 0 spiro atoms. The van der Waals surface area contributed by atoms with E-state index in [1.54, 1.807) is 19.1 Å². The molecule has 1 aliphatic carbocycles. The number of allylic oxidation sites excluding steroid dienone is 4. The summed E-state index contributed by atoms with van der Waals surface area (Å²) >= 11 is 0. The molecule has 2 aromatic rings. The van der Waals surface area contributed by atoms with Gasteiger partial charge in [0.1, 0.15) is 5.69 Å². The minimum atomic E-state index is -4.47. The molecule has 0 amide bonds. The fraction of sp³-hybridized carbons (Fsp3) is 0.294. The average molecular weight is 345 g/mol. The van der Waals surface area contributed by atoms with Crippen LogP contribution in [0.15, 0.2) is 48.1 Å². The van der Waals surface area contributed by atoms with Crippen LogP contribution in [0.5, 0.6) is 0 Å². The molecular formula is C17H13F6N. The molecule has 0 aliphatic heterocycles. The molecular weight excluding hydrogens is 332 g/mol. The Balaban J connectivity index is 1.94. The SMILES string of the molecule is C[C@@H]1C=C(C(F)(F)F)C=CC1c1ccc2[nH]c(C(F)(F)F)cc2c1. The van der Waals surface area contributed by atoms with E-state index in [0.29, 0.717) is 16.5 Å². The zero-order chi connectivity index (χ0) is 17.7. The Hall–Kier alpha value is -2.18. The Bertz CT molecular complexity index is 822. The topological polar surface area (TPSA) is 15.8 Å². The zero-order valence-corrected chi connectivity index (χ0v) is 12.5. The molecule has 0 bridgehead atoms. The predicted octanol–water partition coefficient (Wildman–Crippen LogP) is 5.96. The van der Waals surface area contributed by atoms with Crippen molar-refractivity contribution in [3.8, 4) is 0 Å². The van der Waals surface area contributed by atoms with Gasteiger partial charge in [0.25, 0.3) is 0 Å². The lowest BCUT2D eigenvalue weighted by Gasteiger charge is -2.24. The van der Waals surface area contributed by atoms with E-state index in [-0.39, 0.29) is 5.92 Å². The van der Waals surface area contributed by atoms with Gasteiger partial charge in [0, 0.05) is 16.8 Å². The highest BCUT2D eigenvalue weighted by Crippen LogP contribution is 2.39. The summed E-state index contributed by atoms with van der Waals surface area (Å²) in [6.07, 6.45) is -5.25. The van der Waals surface area contributed by atoms with Gasteiger partial charge in [0.2, 0.25) is 0 Å². The second-order valence-electron chi connectivity index (χ2n) is 5.89. The highest BCUT2D eigenvalue weighted by Gasteiger charge is 2.35. The van der Waals surface area contributed by atoms with E-state index in [4.69, 9.17) is 0 Å². The third kappa shape index (κ3) is 3.07. The number of benzene rings is 1. The van der Waals surface area contributed by atoms with Gasteiger partial charge >= 0.3 is 12.4 Å². The molecule has 3 rings (SSSR count). The number of aromatic nitrogens is 1. The maximum atomic E-state index is 12.7. The summed E-state index contributed by atoms with van der Waals surface area (Å²) in [5.74, 6) is -0.727. The lowest BCUT2D eigenvalue weighted by molar-refractivity contribution is -0.140. The number of nitrogens with one attached hydrogen (secondary N) is 1.